The predicted molar refractivity (Wildman–Crippen MR) is 166 cm³/mol. The summed E-state index contributed by atoms with van der Waals surface area (Å²) < 4.78 is 91.2. The van der Waals surface area contributed by atoms with E-state index in [0.29, 0.717) is 5.56 Å². The summed E-state index contributed by atoms with van der Waals surface area (Å²) in [5.74, 6) is 0. The van der Waals surface area contributed by atoms with Crippen molar-refractivity contribution in [2.45, 2.75) is 67.2 Å². The molecular formula is C34H34O10S2. The van der Waals surface area contributed by atoms with Crippen LogP contribution in [0, 0.1) is 13.8 Å². The molecule has 2 aliphatic heterocycles. The van der Waals surface area contributed by atoms with Gasteiger partial charge in [0, 0.05) is 5.56 Å². The second-order valence-electron chi connectivity index (χ2n) is 11.2. The molecule has 46 heavy (non-hydrogen) atoms. The molecule has 4 aromatic carbocycles. The van der Waals surface area contributed by atoms with E-state index in [0.717, 1.165) is 16.7 Å². The highest BCUT2D eigenvalue weighted by Gasteiger charge is 2.55. The van der Waals surface area contributed by atoms with Gasteiger partial charge in [0.25, 0.3) is 20.2 Å². The van der Waals surface area contributed by atoms with Gasteiger partial charge in [0.05, 0.1) is 23.0 Å². The molecule has 0 aliphatic carbocycles. The van der Waals surface area contributed by atoms with Crippen molar-refractivity contribution in [3.8, 4) is 0 Å². The summed E-state index contributed by atoms with van der Waals surface area (Å²) >= 11 is 0. The number of fused-ring (bicyclic) bond motifs is 1. The normalized spacial score (nSPS) is 25.1. The average Bonchev–Trinajstić information content (AvgIpc) is 3.06. The molecule has 2 fully saturated rings. The Labute approximate surface area is 269 Å². The molecule has 6 rings (SSSR count). The molecule has 2 heterocycles. The van der Waals surface area contributed by atoms with E-state index >= 15 is 0 Å². The molecule has 0 N–H and O–H groups in total. The van der Waals surface area contributed by atoms with Gasteiger partial charge in [-0.15, -0.1) is 0 Å². The summed E-state index contributed by atoms with van der Waals surface area (Å²) in [6.07, 6.45) is -7.45. The highest BCUT2D eigenvalue weighted by Crippen LogP contribution is 2.39. The van der Waals surface area contributed by atoms with Crippen LogP contribution in [0.4, 0.5) is 0 Å². The summed E-state index contributed by atoms with van der Waals surface area (Å²) in [4.78, 5) is -0.244. The summed E-state index contributed by atoms with van der Waals surface area (Å²) in [7, 11) is -8.94. The van der Waals surface area contributed by atoms with E-state index < -0.39 is 57.2 Å². The van der Waals surface area contributed by atoms with Crippen LogP contribution >= 0.6 is 0 Å². The quantitative estimate of drug-likeness (QED) is 0.209. The summed E-state index contributed by atoms with van der Waals surface area (Å²) in [6, 6.07) is 30.5. The highest BCUT2D eigenvalue weighted by molar-refractivity contribution is 7.87. The number of hydrogen-bond acceptors (Lipinski definition) is 10. The summed E-state index contributed by atoms with van der Waals surface area (Å²) in [5.41, 5.74) is 3.15. The molecule has 0 saturated carbocycles. The predicted octanol–water partition coefficient (Wildman–Crippen LogP) is 5.21. The average molecular weight is 667 g/mol. The molecule has 12 heteroatoms. The van der Waals surface area contributed by atoms with Gasteiger partial charge < -0.3 is 18.9 Å². The third-order valence-corrected chi connectivity index (χ3v) is 10.4. The first-order valence-electron chi connectivity index (χ1n) is 14.7. The van der Waals surface area contributed by atoms with Crippen molar-refractivity contribution in [2.24, 2.45) is 0 Å². The number of rotatable bonds is 10. The summed E-state index contributed by atoms with van der Waals surface area (Å²) in [5, 5.41) is 0. The Kier molecular flexibility index (Phi) is 9.69. The largest absolute Gasteiger partial charge is 0.346 e. The lowest BCUT2D eigenvalue weighted by molar-refractivity contribution is -0.355. The van der Waals surface area contributed by atoms with Crippen LogP contribution in [0.1, 0.15) is 28.5 Å². The Hall–Kier alpha value is -3.46. The van der Waals surface area contributed by atoms with Crippen molar-refractivity contribution < 1.29 is 44.1 Å². The van der Waals surface area contributed by atoms with E-state index in [1.165, 1.54) is 24.3 Å². The first-order valence-corrected chi connectivity index (χ1v) is 17.5. The first-order chi connectivity index (χ1) is 22.1. The van der Waals surface area contributed by atoms with Gasteiger partial charge in [-0.2, -0.15) is 16.8 Å². The third-order valence-electron chi connectivity index (χ3n) is 7.71. The molecule has 4 aromatic rings. The topological polar surface area (TPSA) is 124 Å². The smallest absolute Gasteiger partial charge is 0.297 e. The minimum Gasteiger partial charge on any atom is -0.346 e. The van der Waals surface area contributed by atoms with Crippen molar-refractivity contribution >= 4 is 20.2 Å². The van der Waals surface area contributed by atoms with Gasteiger partial charge in [0.1, 0.15) is 18.3 Å². The van der Waals surface area contributed by atoms with Gasteiger partial charge >= 0.3 is 0 Å². The van der Waals surface area contributed by atoms with Crippen LogP contribution in [-0.2, 0) is 54.2 Å². The fraction of sp³-hybridized carbons (Fsp3) is 0.294. The van der Waals surface area contributed by atoms with Gasteiger partial charge in [-0.25, -0.2) is 0 Å². The fourth-order valence-corrected chi connectivity index (χ4v) is 7.40. The zero-order chi connectivity index (χ0) is 32.3. The van der Waals surface area contributed by atoms with E-state index in [-0.39, 0.29) is 23.0 Å². The zero-order valence-electron chi connectivity index (χ0n) is 25.2. The van der Waals surface area contributed by atoms with Crippen LogP contribution in [0.3, 0.4) is 0 Å². The van der Waals surface area contributed by atoms with E-state index in [4.69, 9.17) is 27.3 Å². The van der Waals surface area contributed by atoms with Crippen LogP contribution in [0.25, 0.3) is 0 Å². The van der Waals surface area contributed by atoms with Gasteiger partial charge in [-0.05, 0) is 43.7 Å². The molecule has 0 spiro atoms. The SMILES string of the molecule is Cc1ccc(S(=O)(=O)O[C@@H]2[C@@H](OS(=O)(=O)c3ccc(C)cc3)[C@@H](OCc3ccccc3)O[C@@H]3CO[C@H](c4ccccc4)O[C@@H]23)cc1. The maximum atomic E-state index is 13.7. The third kappa shape index (κ3) is 7.40. The number of hydrogen-bond donors (Lipinski definition) is 0. The van der Waals surface area contributed by atoms with Crippen LogP contribution in [0.2, 0.25) is 0 Å². The molecule has 10 nitrogen and oxygen atoms in total. The van der Waals surface area contributed by atoms with Crippen molar-refractivity contribution in [3.63, 3.8) is 0 Å². The highest BCUT2D eigenvalue weighted by atomic mass is 32.2. The van der Waals surface area contributed by atoms with E-state index in [1.54, 1.807) is 36.4 Å². The molecular weight excluding hydrogens is 632 g/mol. The van der Waals surface area contributed by atoms with E-state index in [9.17, 15) is 16.8 Å². The van der Waals surface area contributed by atoms with Gasteiger partial charge in [-0.3, -0.25) is 8.37 Å². The molecule has 0 unspecified atom stereocenters. The Morgan fingerprint density at radius 2 is 1.17 bits per heavy atom. The molecule has 0 aromatic heterocycles. The maximum Gasteiger partial charge on any atom is 0.297 e. The van der Waals surface area contributed by atoms with Gasteiger partial charge in [0.15, 0.2) is 18.7 Å². The lowest BCUT2D eigenvalue weighted by atomic mass is 9.98. The Bertz CT molecular complexity index is 1810. The van der Waals surface area contributed by atoms with E-state index in [1.807, 2.05) is 62.4 Å². The lowest BCUT2D eigenvalue weighted by Crippen LogP contribution is -2.64. The second-order valence-corrected chi connectivity index (χ2v) is 14.3. The Morgan fingerprint density at radius 3 is 1.74 bits per heavy atom. The molecule has 2 saturated heterocycles. The van der Waals surface area contributed by atoms with Gasteiger partial charge in [-0.1, -0.05) is 96.1 Å². The Balaban J connectivity index is 1.40. The lowest BCUT2D eigenvalue weighted by Gasteiger charge is -2.48. The van der Waals surface area contributed by atoms with Crippen LogP contribution in [-0.4, -0.2) is 54.1 Å². The molecule has 0 amide bonds. The molecule has 6 atom stereocenters. The van der Waals surface area contributed by atoms with E-state index in [2.05, 4.69) is 0 Å². The zero-order valence-corrected chi connectivity index (χ0v) is 26.8. The molecule has 0 bridgehead atoms. The molecule has 0 radical (unpaired) electrons. The van der Waals surface area contributed by atoms with Crippen LogP contribution in [0.5, 0.6) is 0 Å². The number of ether oxygens (including phenoxy) is 4. The maximum absolute atomic E-state index is 13.7. The second kappa shape index (κ2) is 13.7. The van der Waals surface area contributed by atoms with Crippen LogP contribution < -0.4 is 0 Å². The monoisotopic (exact) mass is 666 g/mol. The minimum atomic E-state index is -4.48. The fourth-order valence-electron chi connectivity index (χ4n) is 5.24. The number of aryl methyl sites for hydroxylation is 2. The van der Waals surface area contributed by atoms with Crippen molar-refractivity contribution in [1.29, 1.82) is 0 Å². The van der Waals surface area contributed by atoms with Gasteiger partial charge in [0.2, 0.25) is 0 Å². The summed E-state index contributed by atoms with van der Waals surface area (Å²) in [6.45, 7) is 3.65. The molecule has 2 aliphatic rings. The number of benzene rings is 4. The van der Waals surface area contributed by atoms with Crippen LogP contribution in [0.15, 0.2) is 119 Å². The Morgan fingerprint density at radius 1 is 0.652 bits per heavy atom. The van der Waals surface area contributed by atoms with Crippen molar-refractivity contribution in [1.82, 2.24) is 0 Å². The minimum absolute atomic E-state index is 0.0130. The van der Waals surface area contributed by atoms with Crippen molar-refractivity contribution in [3.05, 3.63) is 131 Å². The first kappa shape index (κ1) is 32.5. The standard InChI is InChI=1S/C34H34O10S2/c1-23-13-17-27(18-14-23)45(35,36)43-31-30-29(22-40-33(42-30)26-11-7-4-8-12-26)41-34(39-21-25-9-5-3-6-10-25)32(31)44-46(37,38)28-19-15-24(2)16-20-28/h3-20,29-34H,21-22H2,1-2H3/t29-,30-,31+,32-,33+,34+/m1/s1. The van der Waals surface area contributed by atoms with Crippen molar-refractivity contribution in [2.75, 3.05) is 6.61 Å². The molecule has 242 valence electrons.